The smallest absolute Gasteiger partial charge is 0.253 e. The third-order valence-electron chi connectivity index (χ3n) is 4.89. The van der Waals surface area contributed by atoms with Crippen LogP contribution in [0.5, 0.6) is 0 Å². The van der Waals surface area contributed by atoms with Crippen molar-refractivity contribution in [3.8, 4) is 11.8 Å². The second-order valence-electron chi connectivity index (χ2n) is 7.72. The number of carbonyl (C=O) groups excluding carboxylic acids is 1. The quantitative estimate of drug-likeness (QED) is 0.806. The highest BCUT2D eigenvalue weighted by molar-refractivity contribution is 5.94. The molecular formula is C23H26N2O3. The Balaban J connectivity index is 1.63. The third kappa shape index (κ3) is 5.19. The molecule has 5 heteroatoms. The van der Waals surface area contributed by atoms with Gasteiger partial charge in [0.1, 0.15) is 5.60 Å². The van der Waals surface area contributed by atoms with Gasteiger partial charge in [-0.2, -0.15) is 0 Å². The molecule has 1 fully saturated rings. The highest BCUT2D eigenvalue weighted by Gasteiger charge is 2.29. The van der Waals surface area contributed by atoms with Gasteiger partial charge < -0.3 is 15.1 Å². The number of nitrogens with zero attached hydrogens (tertiary/aromatic N) is 2. The topological polar surface area (TPSA) is 73.7 Å². The molecule has 1 unspecified atom stereocenters. The summed E-state index contributed by atoms with van der Waals surface area (Å²) < 4.78 is 0. The Morgan fingerprint density at radius 3 is 2.61 bits per heavy atom. The fourth-order valence-corrected chi connectivity index (χ4v) is 3.35. The first-order valence-electron chi connectivity index (χ1n) is 9.57. The zero-order valence-corrected chi connectivity index (χ0v) is 16.3. The van der Waals surface area contributed by atoms with Crippen molar-refractivity contribution in [3.05, 3.63) is 65.5 Å². The molecule has 2 heterocycles. The van der Waals surface area contributed by atoms with Crippen LogP contribution in [0.3, 0.4) is 0 Å². The summed E-state index contributed by atoms with van der Waals surface area (Å²) in [5.74, 6) is 5.75. The molecular weight excluding hydrogens is 352 g/mol. The lowest BCUT2D eigenvalue weighted by Crippen LogP contribution is -2.39. The van der Waals surface area contributed by atoms with Gasteiger partial charge >= 0.3 is 0 Å². The Labute approximate surface area is 166 Å². The number of amides is 1. The molecule has 3 rings (SSSR count). The summed E-state index contributed by atoms with van der Waals surface area (Å²) in [6.45, 7) is 4.46. The molecule has 2 aromatic rings. The summed E-state index contributed by atoms with van der Waals surface area (Å²) in [6, 6.07) is 12.7. The van der Waals surface area contributed by atoms with E-state index in [1.165, 1.54) is 0 Å². The monoisotopic (exact) mass is 378 g/mol. The molecule has 0 bridgehead atoms. The van der Waals surface area contributed by atoms with Gasteiger partial charge in [0.25, 0.3) is 5.91 Å². The number of hydrogen-bond donors (Lipinski definition) is 2. The molecule has 1 amide bonds. The Bertz CT molecular complexity index is 870. The number of aliphatic hydroxyl groups excluding tert-OH is 1. The van der Waals surface area contributed by atoms with Crippen molar-refractivity contribution in [2.75, 3.05) is 13.1 Å². The average Bonchev–Trinajstić information content (AvgIpc) is 2.72. The maximum Gasteiger partial charge on any atom is 0.253 e. The lowest BCUT2D eigenvalue weighted by molar-refractivity contribution is 0.0447. The number of carbonyl (C=O) groups is 1. The first kappa shape index (κ1) is 20.1. The molecule has 0 aliphatic carbocycles. The standard InChI is InChI=1S/C23H26N2O3/c1-23(2,28)12-9-17-6-5-7-19(16-17)22(27)25-14-10-18(11-15-25)21(26)20-8-3-4-13-24-20/h3-8,13,16,18,21,26,28H,10-11,14-15H2,1-2H3. The zero-order valence-electron chi connectivity index (χ0n) is 16.3. The zero-order chi connectivity index (χ0) is 20.1. The van der Waals surface area contributed by atoms with Crippen LogP contribution in [0.15, 0.2) is 48.7 Å². The van der Waals surface area contributed by atoms with Gasteiger partial charge in [-0.3, -0.25) is 9.78 Å². The van der Waals surface area contributed by atoms with Crippen molar-refractivity contribution in [1.29, 1.82) is 0 Å². The van der Waals surface area contributed by atoms with Gasteiger partial charge in [-0.15, -0.1) is 0 Å². The van der Waals surface area contributed by atoms with Gasteiger partial charge in [0.2, 0.25) is 0 Å². The first-order valence-corrected chi connectivity index (χ1v) is 9.57. The molecule has 1 aromatic heterocycles. The minimum atomic E-state index is -1.07. The number of rotatable bonds is 3. The van der Waals surface area contributed by atoms with Crippen LogP contribution in [0.4, 0.5) is 0 Å². The van der Waals surface area contributed by atoms with Gasteiger partial charge in [-0.1, -0.05) is 24.0 Å². The summed E-state index contributed by atoms with van der Waals surface area (Å²) in [5, 5.41) is 20.3. The van der Waals surface area contributed by atoms with Crippen molar-refractivity contribution in [1.82, 2.24) is 9.88 Å². The molecule has 1 saturated heterocycles. The van der Waals surface area contributed by atoms with Crippen LogP contribution in [0.1, 0.15) is 54.4 Å². The van der Waals surface area contributed by atoms with Crippen LogP contribution in [0.25, 0.3) is 0 Å². The molecule has 2 N–H and O–H groups in total. The molecule has 1 atom stereocenters. The van der Waals surface area contributed by atoms with Crippen molar-refractivity contribution < 1.29 is 15.0 Å². The predicted octanol–water partition coefficient (Wildman–Crippen LogP) is 2.79. The molecule has 1 aliphatic heterocycles. The summed E-state index contributed by atoms with van der Waals surface area (Å²) in [7, 11) is 0. The number of piperidine rings is 1. The van der Waals surface area contributed by atoms with E-state index < -0.39 is 11.7 Å². The highest BCUT2D eigenvalue weighted by atomic mass is 16.3. The lowest BCUT2D eigenvalue weighted by Gasteiger charge is -2.34. The number of hydrogen-bond acceptors (Lipinski definition) is 4. The fraction of sp³-hybridized carbons (Fsp3) is 0.391. The maximum atomic E-state index is 12.9. The van der Waals surface area contributed by atoms with Crippen molar-refractivity contribution in [3.63, 3.8) is 0 Å². The van der Waals surface area contributed by atoms with E-state index in [1.54, 1.807) is 38.2 Å². The summed E-state index contributed by atoms with van der Waals surface area (Å²) in [6.07, 6.45) is 2.56. The van der Waals surface area contributed by atoms with Gasteiger partial charge in [0, 0.05) is 30.4 Å². The number of aliphatic hydroxyl groups is 2. The average molecular weight is 378 g/mol. The minimum absolute atomic E-state index is 0.0299. The lowest BCUT2D eigenvalue weighted by atomic mass is 9.89. The normalized spacial score (nSPS) is 16.2. The molecule has 0 spiro atoms. The van der Waals surface area contributed by atoms with E-state index in [1.807, 2.05) is 29.2 Å². The van der Waals surface area contributed by atoms with E-state index in [0.717, 1.165) is 12.8 Å². The van der Waals surface area contributed by atoms with Gasteiger partial charge in [-0.25, -0.2) is 0 Å². The molecule has 1 aliphatic rings. The second kappa shape index (κ2) is 8.55. The maximum absolute atomic E-state index is 12.9. The third-order valence-corrected chi connectivity index (χ3v) is 4.89. The van der Waals surface area contributed by atoms with Crippen LogP contribution in [-0.2, 0) is 0 Å². The Kier molecular flexibility index (Phi) is 6.13. The Morgan fingerprint density at radius 2 is 1.96 bits per heavy atom. The predicted molar refractivity (Wildman–Crippen MR) is 107 cm³/mol. The van der Waals surface area contributed by atoms with Gasteiger partial charge in [0.05, 0.1) is 11.8 Å². The van der Waals surface area contributed by atoms with E-state index in [0.29, 0.717) is 29.9 Å². The van der Waals surface area contributed by atoms with E-state index in [9.17, 15) is 15.0 Å². The van der Waals surface area contributed by atoms with Crippen LogP contribution in [0, 0.1) is 17.8 Å². The largest absolute Gasteiger partial charge is 0.387 e. The summed E-state index contributed by atoms with van der Waals surface area (Å²) in [5.41, 5.74) is 0.904. The molecule has 1 aromatic carbocycles. The molecule has 0 saturated carbocycles. The van der Waals surface area contributed by atoms with Crippen LogP contribution in [0.2, 0.25) is 0 Å². The van der Waals surface area contributed by atoms with Gasteiger partial charge in [-0.05, 0) is 62.9 Å². The summed E-state index contributed by atoms with van der Waals surface area (Å²) in [4.78, 5) is 18.9. The SMILES string of the molecule is CC(C)(O)C#Cc1cccc(C(=O)N2CCC(C(O)c3ccccn3)CC2)c1. The Morgan fingerprint density at radius 1 is 1.21 bits per heavy atom. The number of aromatic nitrogens is 1. The van der Waals surface area contributed by atoms with Crippen molar-refractivity contribution in [2.45, 2.75) is 38.4 Å². The molecule has 0 radical (unpaired) electrons. The number of benzene rings is 1. The molecule has 146 valence electrons. The van der Waals surface area contributed by atoms with E-state index in [-0.39, 0.29) is 11.8 Å². The van der Waals surface area contributed by atoms with Crippen molar-refractivity contribution in [2.24, 2.45) is 5.92 Å². The Hall–Kier alpha value is -2.68. The minimum Gasteiger partial charge on any atom is -0.387 e. The number of pyridine rings is 1. The van der Waals surface area contributed by atoms with Crippen LogP contribution < -0.4 is 0 Å². The molecule has 5 nitrogen and oxygen atoms in total. The highest BCUT2D eigenvalue weighted by Crippen LogP contribution is 2.30. The van der Waals surface area contributed by atoms with Gasteiger partial charge in [0.15, 0.2) is 0 Å². The van der Waals surface area contributed by atoms with Crippen LogP contribution >= 0.6 is 0 Å². The first-order chi connectivity index (χ1) is 13.3. The fourth-order valence-electron chi connectivity index (χ4n) is 3.35. The number of likely N-dealkylation sites (tertiary alicyclic amines) is 1. The van der Waals surface area contributed by atoms with E-state index in [2.05, 4.69) is 16.8 Å². The van der Waals surface area contributed by atoms with Crippen molar-refractivity contribution >= 4 is 5.91 Å². The van der Waals surface area contributed by atoms with E-state index in [4.69, 9.17) is 0 Å². The van der Waals surface area contributed by atoms with Crippen LogP contribution in [-0.4, -0.2) is 44.7 Å². The molecule has 28 heavy (non-hydrogen) atoms. The van der Waals surface area contributed by atoms with E-state index >= 15 is 0 Å². The summed E-state index contributed by atoms with van der Waals surface area (Å²) >= 11 is 0. The second-order valence-corrected chi connectivity index (χ2v) is 7.72.